The molecular formula is C17H19FN4O2. The van der Waals surface area contributed by atoms with Crippen molar-refractivity contribution < 1.29 is 14.0 Å². The van der Waals surface area contributed by atoms with E-state index in [1.54, 1.807) is 37.2 Å². The van der Waals surface area contributed by atoms with E-state index in [0.29, 0.717) is 5.69 Å². The van der Waals surface area contributed by atoms with Crippen molar-refractivity contribution in [3.8, 4) is 0 Å². The zero-order valence-corrected chi connectivity index (χ0v) is 13.8. The van der Waals surface area contributed by atoms with Gasteiger partial charge in [-0.2, -0.15) is 5.10 Å². The van der Waals surface area contributed by atoms with Crippen LogP contribution < -0.4 is 5.32 Å². The number of likely N-dealkylation sites (N-methyl/N-ethyl adjacent to an activating group) is 1. The largest absolute Gasteiger partial charge is 0.345 e. The maximum Gasteiger partial charge on any atom is 0.269 e. The van der Waals surface area contributed by atoms with Gasteiger partial charge in [-0.15, -0.1) is 0 Å². The van der Waals surface area contributed by atoms with Crippen molar-refractivity contribution in [3.63, 3.8) is 0 Å². The second kappa shape index (κ2) is 6.07. The average molecular weight is 330 g/mol. The molecule has 0 saturated carbocycles. The maximum atomic E-state index is 13.2. The molecule has 1 aromatic heterocycles. The molecule has 1 saturated heterocycles. The van der Waals surface area contributed by atoms with E-state index < -0.39 is 0 Å². The summed E-state index contributed by atoms with van der Waals surface area (Å²) in [7, 11) is 3.39. The number of hydrogen-bond donors (Lipinski definition) is 1. The van der Waals surface area contributed by atoms with Gasteiger partial charge in [-0.3, -0.25) is 14.3 Å². The number of hydrogen-bond acceptors (Lipinski definition) is 3. The first-order chi connectivity index (χ1) is 11.4. The molecule has 24 heavy (non-hydrogen) atoms. The van der Waals surface area contributed by atoms with Crippen LogP contribution in [0.3, 0.4) is 0 Å². The van der Waals surface area contributed by atoms with E-state index in [4.69, 9.17) is 0 Å². The van der Waals surface area contributed by atoms with Crippen molar-refractivity contribution >= 4 is 11.8 Å². The molecule has 0 spiro atoms. The Bertz CT molecular complexity index is 784. The summed E-state index contributed by atoms with van der Waals surface area (Å²) in [6.45, 7) is 1.81. The molecule has 7 heteroatoms. The predicted octanol–water partition coefficient (Wildman–Crippen LogP) is 1.57. The molecule has 0 unspecified atom stereocenters. The molecule has 1 fully saturated rings. The lowest BCUT2D eigenvalue weighted by atomic mass is 10.00. The van der Waals surface area contributed by atoms with E-state index in [-0.39, 0.29) is 36.1 Å². The van der Waals surface area contributed by atoms with E-state index in [9.17, 15) is 14.0 Å². The van der Waals surface area contributed by atoms with Gasteiger partial charge < -0.3 is 10.2 Å². The topological polar surface area (TPSA) is 67.2 Å². The van der Waals surface area contributed by atoms with Crippen molar-refractivity contribution in [2.75, 3.05) is 7.05 Å². The number of benzene rings is 1. The van der Waals surface area contributed by atoms with Gasteiger partial charge in [0.1, 0.15) is 11.5 Å². The molecule has 2 heterocycles. The number of carbonyl (C=O) groups is 2. The second-order valence-corrected chi connectivity index (χ2v) is 6.08. The molecule has 0 aliphatic carbocycles. The van der Waals surface area contributed by atoms with Crippen LogP contribution >= 0.6 is 0 Å². The van der Waals surface area contributed by atoms with Gasteiger partial charge in [0.05, 0.1) is 17.8 Å². The molecular weight excluding hydrogens is 311 g/mol. The number of halogens is 1. The fraction of sp³-hybridized carbons (Fsp3) is 0.353. The summed E-state index contributed by atoms with van der Waals surface area (Å²) in [6, 6.07) is 6.99. The molecule has 1 N–H and O–H groups in total. The van der Waals surface area contributed by atoms with Gasteiger partial charge in [0.2, 0.25) is 5.91 Å². The third kappa shape index (κ3) is 2.89. The summed E-state index contributed by atoms with van der Waals surface area (Å²) in [6.07, 6.45) is 0.209. The van der Waals surface area contributed by atoms with E-state index in [2.05, 4.69) is 10.4 Å². The van der Waals surface area contributed by atoms with E-state index in [1.807, 2.05) is 6.92 Å². The standard InChI is InChI=1S/C17H19FN4O2/c1-10-8-14(22(3)20-10)17(24)19-13-9-15(23)21(2)16(13)11-4-6-12(18)7-5-11/h4-8,13,16H,9H2,1-3H3,(H,19,24)/t13-,16-/m1/s1. The second-order valence-electron chi connectivity index (χ2n) is 6.08. The van der Waals surface area contributed by atoms with Crippen LogP contribution in [0.5, 0.6) is 0 Å². The zero-order chi connectivity index (χ0) is 17.4. The smallest absolute Gasteiger partial charge is 0.269 e. The number of nitrogens with zero attached hydrogens (tertiary/aromatic N) is 3. The van der Waals surface area contributed by atoms with E-state index >= 15 is 0 Å². The Labute approximate surface area is 139 Å². The lowest BCUT2D eigenvalue weighted by molar-refractivity contribution is -0.127. The highest BCUT2D eigenvalue weighted by Crippen LogP contribution is 2.32. The summed E-state index contributed by atoms with van der Waals surface area (Å²) in [5.74, 6) is -0.675. The van der Waals surface area contributed by atoms with Crippen LogP contribution in [-0.4, -0.2) is 39.6 Å². The highest BCUT2D eigenvalue weighted by Gasteiger charge is 2.39. The summed E-state index contributed by atoms with van der Waals surface area (Å²) < 4.78 is 14.7. The average Bonchev–Trinajstić information content (AvgIpc) is 3.00. The van der Waals surface area contributed by atoms with E-state index in [1.165, 1.54) is 16.8 Å². The Hall–Kier alpha value is -2.70. The van der Waals surface area contributed by atoms with Crippen LogP contribution in [0.15, 0.2) is 30.3 Å². The summed E-state index contributed by atoms with van der Waals surface area (Å²) in [4.78, 5) is 26.2. The van der Waals surface area contributed by atoms with Crippen molar-refractivity contribution in [2.24, 2.45) is 7.05 Å². The van der Waals surface area contributed by atoms with Crippen molar-refractivity contribution in [3.05, 3.63) is 53.1 Å². The van der Waals surface area contributed by atoms with Crippen molar-refractivity contribution in [1.82, 2.24) is 20.0 Å². The first-order valence-corrected chi connectivity index (χ1v) is 7.69. The lowest BCUT2D eigenvalue weighted by Crippen LogP contribution is -2.39. The van der Waals surface area contributed by atoms with Gasteiger partial charge in [-0.05, 0) is 30.7 Å². The Kier molecular flexibility index (Phi) is 4.09. The van der Waals surface area contributed by atoms with Crippen molar-refractivity contribution in [1.29, 1.82) is 0 Å². The fourth-order valence-corrected chi connectivity index (χ4v) is 3.18. The predicted molar refractivity (Wildman–Crippen MR) is 85.7 cm³/mol. The quantitative estimate of drug-likeness (QED) is 0.929. The first-order valence-electron chi connectivity index (χ1n) is 7.69. The monoisotopic (exact) mass is 330 g/mol. The number of aromatic nitrogens is 2. The summed E-state index contributed by atoms with van der Waals surface area (Å²) in [5, 5.41) is 7.08. The fourth-order valence-electron chi connectivity index (χ4n) is 3.18. The normalized spacial score (nSPS) is 20.5. The minimum absolute atomic E-state index is 0.0594. The molecule has 2 atom stereocenters. The molecule has 126 valence electrons. The zero-order valence-electron chi connectivity index (χ0n) is 13.8. The number of nitrogens with one attached hydrogen (secondary N) is 1. The van der Waals surface area contributed by atoms with Gasteiger partial charge in [-0.1, -0.05) is 12.1 Å². The maximum absolute atomic E-state index is 13.2. The number of carbonyl (C=O) groups excluding carboxylic acids is 2. The molecule has 6 nitrogen and oxygen atoms in total. The molecule has 1 aliphatic heterocycles. The van der Waals surface area contributed by atoms with Gasteiger partial charge in [0.25, 0.3) is 5.91 Å². The molecule has 1 aliphatic rings. The number of amides is 2. The Morgan fingerprint density at radius 3 is 2.54 bits per heavy atom. The van der Waals surface area contributed by atoms with Crippen LogP contribution in [0.2, 0.25) is 0 Å². The third-order valence-electron chi connectivity index (χ3n) is 4.35. The number of rotatable bonds is 3. The number of likely N-dealkylation sites (tertiary alicyclic amines) is 1. The Balaban J connectivity index is 1.85. The lowest BCUT2D eigenvalue weighted by Gasteiger charge is -2.26. The SMILES string of the molecule is Cc1cc(C(=O)N[C@@H]2CC(=O)N(C)[C@@H]2c2ccc(F)cc2)n(C)n1. The highest BCUT2D eigenvalue weighted by molar-refractivity contribution is 5.93. The molecule has 3 rings (SSSR count). The summed E-state index contributed by atoms with van der Waals surface area (Å²) in [5.41, 5.74) is 1.97. The van der Waals surface area contributed by atoms with Gasteiger partial charge in [0, 0.05) is 20.5 Å². The molecule has 1 aromatic carbocycles. The minimum atomic E-state index is -0.379. The van der Waals surface area contributed by atoms with Crippen LogP contribution in [0, 0.1) is 12.7 Å². The minimum Gasteiger partial charge on any atom is -0.345 e. The van der Waals surface area contributed by atoms with Crippen LogP contribution in [0.25, 0.3) is 0 Å². The van der Waals surface area contributed by atoms with Crippen LogP contribution in [-0.2, 0) is 11.8 Å². The van der Waals surface area contributed by atoms with Gasteiger partial charge in [0.15, 0.2) is 0 Å². The number of aryl methyl sites for hydroxylation is 2. The summed E-state index contributed by atoms with van der Waals surface area (Å²) >= 11 is 0. The third-order valence-corrected chi connectivity index (χ3v) is 4.35. The van der Waals surface area contributed by atoms with Crippen LogP contribution in [0.1, 0.15) is 34.2 Å². The molecule has 2 aromatic rings. The van der Waals surface area contributed by atoms with Gasteiger partial charge >= 0.3 is 0 Å². The highest BCUT2D eigenvalue weighted by atomic mass is 19.1. The molecule has 2 amide bonds. The van der Waals surface area contributed by atoms with Gasteiger partial charge in [-0.25, -0.2) is 4.39 Å². The van der Waals surface area contributed by atoms with Crippen molar-refractivity contribution in [2.45, 2.75) is 25.4 Å². The first kappa shape index (κ1) is 16.2. The van der Waals surface area contributed by atoms with E-state index in [0.717, 1.165) is 11.3 Å². The molecule has 0 radical (unpaired) electrons. The Morgan fingerprint density at radius 1 is 1.29 bits per heavy atom. The molecule has 0 bridgehead atoms. The Morgan fingerprint density at radius 2 is 1.96 bits per heavy atom. The van der Waals surface area contributed by atoms with Crippen LogP contribution in [0.4, 0.5) is 4.39 Å².